The number of hydrogen-bond donors (Lipinski definition) is 6. The number of aromatic nitrogens is 4. The lowest BCUT2D eigenvalue weighted by molar-refractivity contribution is 0.0238. The van der Waals surface area contributed by atoms with Crippen molar-refractivity contribution in [1.82, 2.24) is 30.6 Å². The summed E-state index contributed by atoms with van der Waals surface area (Å²) in [5.74, 6) is 0.636. The van der Waals surface area contributed by atoms with Crippen molar-refractivity contribution in [2.45, 2.75) is 51.4 Å². The van der Waals surface area contributed by atoms with Gasteiger partial charge in [0, 0.05) is 71.4 Å². The van der Waals surface area contributed by atoms with Crippen LogP contribution in [0.15, 0.2) is 80.5 Å². The lowest BCUT2D eigenvalue weighted by atomic mass is 10.0. The molecule has 2 aromatic heterocycles. The zero-order valence-electron chi connectivity index (χ0n) is 40.4. The van der Waals surface area contributed by atoms with Crippen LogP contribution in [0.25, 0.3) is 0 Å². The first kappa shape index (κ1) is 55.3. The van der Waals surface area contributed by atoms with Gasteiger partial charge in [0.1, 0.15) is 5.75 Å². The van der Waals surface area contributed by atoms with Crippen LogP contribution in [0, 0.1) is 0 Å². The molecule has 0 saturated heterocycles. The Morgan fingerprint density at radius 1 is 0.594 bits per heavy atom. The summed E-state index contributed by atoms with van der Waals surface area (Å²) in [7, 11) is 4.84. The molecule has 2 unspecified atom stereocenters. The Bertz CT molecular complexity index is 2120. The smallest absolute Gasteiger partial charge is 0.321 e. The fraction of sp³-hybridized carbons (Fsp3) is 0.532. The quantitative estimate of drug-likeness (QED) is 0.0237. The summed E-state index contributed by atoms with van der Waals surface area (Å²) in [6.07, 6.45) is 2.95. The van der Waals surface area contributed by atoms with Crippen LogP contribution in [0.5, 0.6) is 5.75 Å². The Morgan fingerprint density at radius 2 is 1.00 bits per heavy atom. The average molecular weight is 964 g/mol. The zero-order chi connectivity index (χ0) is 49.5. The first-order chi connectivity index (χ1) is 33.6. The molecule has 22 heteroatoms. The van der Waals surface area contributed by atoms with Gasteiger partial charge in [0.2, 0.25) is 11.9 Å². The highest BCUT2D eigenvalue weighted by Crippen LogP contribution is 2.24. The Labute approximate surface area is 402 Å². The topological polar surface area (TPSA) is 266 Å². The van der Waals surface area contributed by atoms with Crippen molar-refractivity contribution in [1.29, 1.82) is 0 Å². The first-order valence-electron chi connectivity index (χ1n) is 23.1. The molecule has 2 aromatic carbocycles. The van der Waals surface area contributed by atoms with Gasteiger partial charge >= 0.3 is 12.1 Å². The van der Waals surface area contributed by atoms with Gasteiger partial charge in [-0.25, -0.2) is 19.6 Å². The van der Waals surface area contributed by atoms with Gasteiger partial charge in [-0.15, -0.1) is 0 Å². The standard InChI is InChI=1S/C47H69N11O11/c1-34(8-6-22-66-28-30-68-26-24-63-3)40-32-42(59)52-44(50-40)54-46(61)48-18-20-58(38-14-10-36(11-15-38)56-57-37-12-16-39(65-5)17-13-37)21-19-49-47(62)55-45-51-41(33-43(60)53-45)35(2)9-7-23-67-29-31-69-27-25-64-4/h10-17,32-35H,6-9,18-31H2,1-5H3,(H3,48,50,52,54,59,61)(H3,49,51,53,55,60,62). The van der Waals surface area contributed by atoms with Gasteiger partial charge in [0.05, 0.1) is 82.7 Å². The predicted molar refractivity (Wildman–Crippen MR) is 262 cm³/mol. The Balaban J connectivity index is 1.30. The van der Waals surface area contributed by atoms with Crippen LogP contribution in [0.4, 0.5) is 38.5 Å². The number of urea groups is 2. The molecule has 0 spiro atoms. The second-order valence-electron chi connectivity index (χ2n) is 15.7. The Morgan fingerprint density at radius 3 is 1.42 bits per heavy atom. The highest BCUT2D eigenvalue weighted by molar-refractivity contribution is 5.87. The molecular formula is C47H69N11O11. The van der Waals surface area contributed by atoms with Crippen molar-refractivity contribution in [3.05, 3.63) is 92.8 Å². The van der Waals surface area contributed by atoms with E-state index >= 15 is 0 Å². The van der Waals surface area contributed by atoms with Crippen molar-refractivity contribution in [3.8, 4) is 5.75 Å². The molecule has 4 rings (SSSR count). The molecule has 4 amide bonds. The van der Waals surface area contributed by atoms with Crippen LogP contribution in [0.1, 0.15) is 62.8 Å². The Kier molecular flexibility index (Phi) is 26.0. The van der Waals surface area contributed by atoms with E-state index in [2.05, 4.69) is 51.4 Å². The number of carbonyl (C=O) groups excluding carboxylic acids is 2. The number of azo groups is 1. The predicted octanol–water partition coefficient (Wildman–Crippen LogP) is 5.85. The lowest BCUT2D eigenvalue weighted by Crippen LogP contribution is -2.41. The molecule has 6 N–H and O–H groups in total. The van der Waals surface area contributed by atoms with Gasteiger partial charge in [-0.05, 0) is 86.1 Å². The fourth-order valence-corrected chi connectivity index (χ4v) is 6.56. The number of nitrogens with zero attached hydrogens (tertiary/aromatic N) is 5. The molecule has 0 aliphatic heterocycles. The molecule has 0 aliphatic carbocycles. The summed E-state index contributed by atoms with van der Waals surface area (Å²) in [6.45, 7) is 10.0. The van der Waals surface area contributed by atoms with E-state index < -0.39 is 12.1 Å². The van der Waals surface area contributed by atoms with Gasteiger partial charge < -0.3 is 48.7 Å². The average Bonchev–Trinajstić information content (AvgIpc) is 3.34. The van der Waals surface area contributed by atoms with E-state index in [-0.39, 0.29) is 47.9 Å². The third-order valence-electron chi connectivity index (χ3n) is 10.4. The highest BCUT2D eigenvalue weighted by Gasteiger charge is 2.15. The van der Waals surface area contributed by atoms with Crippen LogP contribution < -0.4 is 42.0 Å². The van der Waals surface area contributed by atoms with Crippen molar-refractivity contribution in [3.63, 3.8) is 0 Å². The molecule has 0 radical (unpaired) electrons. The number of H-pyrrole nitrogens is 2. The number of carbonyl (C=O) groups is 2. The zero-order valence-corrected chi connectivity index (χ0v) is 40.4. The van der Waals surface area contributed by atoms with Crippen LogP contribution in [-0.4, -0.2) is 146 Å². The minimum Gasteiger partial charge on any atom is -0.497 e. The van der Waals surface area contributed by atoms with E-state index in [1.54, 1.807) is 45.6 Å². The maximum absolute atomic E-state index is 13.1. The molecule has 4 aromatic rings. The van der Waals surface area contributed by atoms with Crippen LogP contribution in [0.2, 0.25) is 0 Å². The number of methoxy groups -OCH3 is 3. The number of rotatable bonds is 34. The van der Waals surface area contributed by atoms with E-state index in [4.69, 9.17) is 33.2 Å². The van der Waals surface area contributed by atoms with E-state index in [0.29, 0.717) is 108 Å². The van der Waals surface area contributed by atoms with Crippen molar-refractivity contribution in [2.75, 3.05) is 129 Å². The lowest BCUT2D eigenvalue weighted by Gasteiger charge is -2.25. The minimum atomic E-state index is -0.568. The van der Waals surface area contributed by atoms with Crippen molar-refractivity contribution < 1.29 is 42.7 Å². The van der Waals surface area contributed by atoms with Crippen LogP contribution in [-0.2, 0) is 28.4 Å². The number of anilines is 3. The molecule has 2 heterocycles. The van der Waals surface area contributed by atoms with Gasteiger partial charge in [0.25, 0.3) is 11.1 Å². The molecule has 22 nitrogen and oxygen atoms in total. The second kappa shape index (κ2) is 32.4. The van der Waals surface area contributed by atoms with Gasteiger partial charge in [-0.1, -0.05) is 13.8 Å². The summed E-state index contributed by atoms with van der Waals surface area (Å²) in [5.41, 5.74) is 2.37. The largest absolute Gasteiger partial charge is 0.497 e. The second-order valence-corrected chi connectivity index (χ2v) is 15.7. The van der Waals surface area contributed by atoms with E-state index in [1.165, 1.54) is 12.1 Å². The summed E-state index contributed by atoms with van der Waals surface area (Å²) in [6, 6.07) is 16.3. The highest BCUT2D eigenvalue weighted by atomic mass is 16.5. The molecular weight excluding hydrogens is 895 g/mol. The molecule has 0 saturated carbocycles. The molecule has 0 bridgehead atoms. The van der Waals surface area contributed by atoms with Crippen LogP contribution in [0.3, 0.4) is 0 Å². The Hall–Kier alpha value is -6.30. The maximum atomic E-state index is 13.1. The van der Waals surface area contributed by atoms with E-state index in [9.17, 15) is 19.2 Å². The summed E-state index contributed by atoms with van der Waals surface area (Å²) in [5, 5.41) is 19.6. The number of benzene rings is 2. The number of hydrogen-bond acceptors (Lipinski definition) is 16. The first-order valence-corrected chi connectivity index (χ1v) is 23.1. The summed E-state index contributed by atoms with van der Waals surface area (Å²) in [4.78, 5) is 67.3. The van der Waals surface area contributed by atoms with E-state index in [0.717, 1.165) is 31.4 Å². The SMILES string of the molecule is COCCOCCOCCCC(C)c1cc(=O)[nH]c(NC(=O)NCCN(CCNC(=O)Nc2nc(C(C)CCCOCCOCCOC)cc(=O)[nH]2)c2ccc(N=Nc3ccc(OC)cc3)cc2)n1. The van der Waals surface area contributed by atoms with Crippen molar-refractivity contribution >= 4 is 41.0 Å². The molecule has 0 aliphatic rings. The molecule has 378 valence electrons. The number of nitrogens with one attached hydrogen (secondary N) is 6. The third-order valence-corrected chi connectivity index (χ3v) is 10.4. The molecule has 2 atom stereocenters. The summed E-state index contributed by atoms with van der Waals surface area (Å²) < 4.78 is 37.2. The van der Waals surface area contributed by atoms with Crippen LogP contribution >= 0.6 is 0 Å². The maximum Gasteiger partial charge on any atom is 0.321 e. The monoisotopic (exact) mass is 964 g/mol. The third kappa shape index (κ3) is 22.6. The van der Waals surface area contributed by atoms with Gasteiger partial charge in [-0.3, -0.25) is 30.2 Å². The number of ether oxygens (including phenoxy) is 7. The minimum absolute atomic E-state index is 0.0229. The number of aromatic amines is 2. The number of amides is 4. The summed E-state index contributed by atoms with van der Waals surface area (Å²) >= 11 is 0. The molecule has 69 heavy (non-hydrogen) atoms. The van der Waals surface area contributed by atoms with E-state index in [1.807, 2.05) is 43.0 Å². The molecule has 0 fully saturated rings. The normalized spacial score (nSPS) is 12.1. The van der Waals surface area contributed by atoms with Gasteiger partial charge in [0.15, 0.2) is 0 Å². The fourth-order valence-electron chi connectivity index (χ4n) is 6.56. The van der Waals surface area contributed by atoms with Gasteiger partial charge in [-0.2, -0.15) is 10.2 Å². The van der Waals surface area contributed by atoms with Crippen molar-refractivity contribution in [2.24, 2.45) is 10.2 Å².